The summed E-state index contributed by atoms with van der Waals surface area (Å²) < 4.78 is 0. The highest BCUT2D eigenvalue weighted by Gasteiger charge is 2.03. The zero-order valence-corrected chi connectivity index (χ0v) is 9.46. The zero-order valence-electron chi connectivity index (χ0n) is 7.95. The van der Waals surface area contributed by atoms with Crippen molar-refractivity contribution in [3.05, 3.63) is 29.6 Å². The van der Waals surface area contributed by atoms with Gasteiger partial charge in [-0.05, 0) is 24.5 Å². The zero-order chi connectivity index (χ0) is 11.3. The highest BCUT2D eigenvalue weighted by atomic mass is 35.5. The summed E-state index contributed by atoms with van der Waals surface area (Å²) in [5, 5.41) is 10.3. The Hall–Kier alpha value is -0.800. The van der Waals surface area contributed by atoms with Crippen molar-refractivity contribution < 1.29 is 9.90 Å². The molecule has 0 fully saturated rings. The maximum Gasteiger partial charge on any atom is 0.0899 e. The highest BCUT2D eigenvalue weighted by molar-refractivity contribution is 6.28. The monoisotopic (exact) mass is 246 g/mol. The molecule has 0 spiro atoms. The molecule has 0 amide bonds. The van der Waals surface area contributed by atoms with Crippen molar-refractivity contribution in [2.24, 2.45) is 0 Å². The number of aromatic nitrogens is 1. The summed E-state index contributed by atoms with van der Waals surface area (Å²) in [7, 11) is 0. The van der Waals surface area contributed by atoms with Crippen molar-refractivity contribution in [3.63, 3.8) is 0 Å². The fraction of sp³-hybridized carbons (Fsp3) is 0.400. The third kappa shape index (κ3) is 4.06. The van der Waals surface area contributed by atoms with Crippen LogP contribution in [0.3, 0.4) is 0 Å². The lowest BCUT2D eigenvalue weighted by Crippen LogP contribution is -2.23. The van der Waals surface area contributed by atoms with Crippen molar-refractivity contribution in [1.29, 1.82) is 0 Å². The molecule has 1 atom stereocenters. The van der Waals surface area contributed by atoms with Gasteiger partial charge in [0.05, 0.1) is 11.7 Å². The first-order chi connectivity index (χ1) is 7.13. The quantitative estimate of drug-likeness (QED) is 0.735. The van der Waals surface area contributed by atoms with Crippen LogP contribution in [0, 0.1) is 0 Å². The molecule has 5 heteroatoms. The van der Waals surface area contributed by atoms with Gasteiger partial charge in [0.2, 0.25) is 0 Å². The minimum atomic E-state index is -1.27. The Labute approximate surface area is 98.0 Å². The van der Waals surface area contributed by atoms with E-state index >= 15 is 0 Å². The first-order valence-electron chi connectivity index (χ1n) is 4.49. The van der Waals surface area contributed by atoms with E-state index in [-0.39, 0.29) is 11.1 Å². The van der Waals surface area contributed by atoms with E-state index in [1.54, 1.807) is 6.07 Å². The van der Waals surface area contributed by atoms with Crippen LogP contribution in [-0.2, 0) is 6.42 Å². The molecular formula is C10H10Cl2NO2-. The van der Waals surface area contributed by atoms with Crippen LogP contribution >= 0.6 is 23.2 Å². The van der Waals surface area contributed by atoms with Crippen molar-refractivity contribution in [2.45, 2.75) is 18.2 Å². The van der Waals surface area contributed by atoms with Gasteiger partial charge in [-0.2, -0.15) is 0 Å². The maximum atomic E-state index is 10.4. The average molecular weight is 247 g/mol. The molecule has 0 aliphatic heterocycles. The van der Waals surface area contributed by atoms with Gasteiger partial charge in [0.1, 0.15) is 0 Å². The number of hydrogen-bond donors (Lipinski definition) is 0. The normalized spacial score (nSPS) is 12.4. The van der Waals surface area contributed by atoms with Gasteiger partial charge in [-0.3, -0.25) is 4.98 Å². The average Bonchev–Trinajstić information content (AvgIpc) is 2.26. The topological polar surface area (TPSA) is 53.0 Å². The molecule has 82 valence electrons. The second kappa shape index (κ2) is 5.93. The van der Waals surface area contributed by atoms with Crippen LogP contribution in [0.4, 0.5) is 0 Å². The maximum absolute atomic E-state index is 10.4. The van der Waals surface area contributed by atoms with E-state index in [0.29, 0.717) is 5.88 Å². The molecule has 15 heavy (non-hydrogen) atoms. The lowest BCUT2D eigenvalue weighted by molar-refractivity contribution is -0.255. The smallest absolute Gasteiger partial charge is 0.0899 e. The Bertz CT molecular complexity index is 327. The lowest BCUT2D eigenvalue weighted by Gasteiger charge is -2.06. The molecule has 1 aromatic heterocycles. The largest absolute Gasteiger partial charge is 0.543 e. The number of alkyl halides is 2. The fourth-order valence-electron chi connectivity index (χ4n) is 1.09. The summed E-state index contributed by atoms with van der Waals surface area (Å²) in [5.41, 5.74) is 0.884. The Morgan fingerprint density at radius 2 is 2.27 bits per heavy atom. The molecule has 0 aliphatic rings. The Morgan fingerprint density at radius 1 is 1.53 bits per heavy atom. The number of aryl methyl sites for hydroxylation is 1. The predicted molar refractivity (Wildman–Crippen MR) is 57.2 cm³/mol. The molecule has 1 unspecified atom stereocenters. The number of carbonyl (C=O) groups excluding carboxylic acids is 1. The number of halogens is 2. The molecule has 0 aliphatic carbocycles. The number of aromatic carboxylic acids is 1. The summed E-state index contributed by atoms with van der Waals surface area (Å²) in [6.45, 7) is 0. The van der Waals surface area contributed by atoms with Gasteiger partial charge in [0, 0.05) is 17.5 Å². The minimum Gasteiger partial charge on any atom is -0.543 e. The number of carboxylic acids is 1. The number of pyridine rings is 1. The minimum absolute atomic E-state index is 0.0569. The molecular weight excluding hydrogens is 237 g/mol. The van der Waals surface area contributed by atoms with Gasteiger partial charge < -0.3 is 9.90 Å². The van der Waals surface area contributed by atoms with E-state index in [2.05, 4.69) is 4.98 Å². The van der Waals surface area contributed by atoms with E-state index in [9.17, 15) is 9.90 Å². The van der Waals surface area contributed by atoms with Crippen LogP contribution < -0.4 is 5.11 Å². The van der Waals surface area contributed by atoms with E-state index in [1.165, 1.54) is 12.3 Å². The van der Waals surface area contributed by atoms with Crippen LogP contribution in [0.15, 0.2) is 18.3 Å². The molecule has 0 radical (unpaired) electrons. The van der Waals surface area contributed by atoms with Crippen LogP contribution in [0.25, 0.3) is 0 Å². The van der Waals surface area contributed by atoms with Crippen molar-refractivity contribution in [1.82, 2.24) is 4.98 Å². The number of rotatable bonds is 5. The second-order valence-electron chi connectivity index (χ2n) is 3.13. The van der Waals surface area contributed by atoms with Gasteiger partial charge in [0.15, 0.2) is 0 Å². The Morgan fingerprint density at radius 3 is 2.73 bits per heavy atom. The molecule has 0 saturated carbocycles. The molecule has 1 heterocycles. The fourth-order valence-corrected chi connectivity index (χ4v) is 1.36. The highest BCUT2D eigenvalue weighted by Crippen LogP contribution is 2.10. The lowest BCUT2D eigenvalue weighted by atomic mass is 10.1. The summed E-state index contributed by atoms with van der Waals surface area (Å²) in [6, 6.07) is 3.13. The molecule has 1 rings (SSSR count). The van der Waals surface area contributed by atoms with Gasteiger partial charge in [-0.25, -0.2) is 0 Å². The van der Waals surface area contributed by atoms with E-state index in [0.717, 1.165) is 18.4 Å². The van der Waals surface area contributed by atoms with E-state index in [4.69, 9.17) is 23.2 Å². The number of hydrogen-bond acceptors (Lipinski definition) is 3. The summed E-state index contributed by atoms with van der Waals surface area (Å²) in [4.78, 5) is 14.2. The standard InChI is InChI=1S/C10H11Cl2NO2/c11-5-8(12)3-1-7-2-4-9(10(14)15)13-6-7/h2,4,6,8H,1,3,5H2,(H,14,15)/p-1. The summed E-state index contributed by atoms with van der Waals surface area (Å²) >= 11 is 11.4. The number of carbonyl (C=O) groups is 1. The molecule has 0 aromatic carbocycles. The van der Waals surface area contributed by atoms with Crippen LogP contribution in [0.5, 0.6) is 0 Å². The van der Waals surface area contributed by atoms with Gasteiger partial charge in [-0.1, -0.05) is 6.07 Å². The summed E-state index contributed by atoms with van der Waals surface area (Å²) in [5.74, 6) is -0.857. The number of nitrogens with zero attached hydrogens (tertiary/aromatic N) is 1. The molecule has 1 aromatic rings. The predicted octanol–water partition coefficient (Wildman–Crippen LogP) is 1.22. The van der Waals surface area contributed by atoms with Crippen molar-refractivity contribution >= 4 is 29.2 Å². The molecule has 3 nitrogen and oxygen atoms in total. The Balaban J connectivity index is 2.53. The second-order valence-corrected chi connectivity index (χ2v) is 4.06. The van der Waals surface area contributed by atoms with E-state index in [1.807, 2.05) is 0 Å². The van der Waals surface area contributed by atoms with Gasteiger partial charge >= 0.3 is 0 Å². The molecule has 0 bridgehead atoms. The van der Waals surface area contributed by atoms with Gasteiger partial charge in [-0.15, -0.1) is 23.2 Å². The van der Waals surface area contributed by atoms with Crippen LogP contribution in [-0.4, -0.2) is 22.2 Å². The Kier molecular flexibility index (Phi) is 4.85. The third-order valence-electron chi connectivity index (χ3n) is 1.95. The van der Waals surface area contributed by atoms with Crippen LogP contribution in [0.1, 0.15) is 22.5 Å². The SMILES string of the molecule is O=C([O-])c1ccc(CCC(Cl)CCl)cn1. The van der Waals surface area contributed by atoms with Crippen molar-refractivity contribution in [2.75, 3.05) is 5.88 Å². The first kappa shape index (κ1) is 12.3. The van der Waals surface area contributed by atoms with Crippen LogP contribution in [0.2, 0.25) is 0 Å². The van der Waals surface area contributed by atoms with Crippen molar-refractivity contribution in [3.8, 4) is 0 Å². The van der Waals surface area contributed by atoms with E-state index < -0.39 is 5.97 Å². The number of carboxylic acid groups (broad SMARTS) is 1. The molecule has 0 N–H and O–H groups in total. The first-order valence-corrected chi connectivity index (χ1v) is 5.47. The summed E-state index contributed by atoms with van der Waals surface area (Å²) in [6.07, 6.45) is 3.00. The third-order valence-corrected chi connectivity index (χ3v) is 2.85. The molecule has 0 saturated heterocycles. The van der Waals surface area contributed by atoms with Gasteiger partial charge in [0.25, 0.3) is 0 Å².